The number of fused-ring (bicyclic) bond motifs is 1. The fraction of sp³-hybridized carbons (Fsp3) is 0.444. The molecule has 1 aliphatic heterocycles. The van der Waals surface area contributed by atoms with Crippen molar-refractivity contribution in [3.05, 3.63) is 52.7 Å². The maximum absolute atomic E-state index is 14.4. The van der Waals surface area contributed by atoms with Crippen LogP contribution in [0.25, 0.3) is 21.5 Å². The summed E-state index contributed by atoms with van der Waals surface area (Å²) in [5.41, 5.74) is 2.52. The van der Waals surface area contributed by atoms with Gasteiger partial charge in [-0.15, -0.1) is 11.3 Å². The molecule has 2 aromatic heterocycles. The maximum atomic E-state index is 14.4. The monoisotopic (exact) mass is 494 g/mol. The number of halogens is 1. The number of thiophene rings is 1. The maximum Gasteiger partial charge on any atom is 0.252 e. The number of rotatable bonds is 6. The number of hydrogen-bond acceptors (Lipinski definition) is 5. The molecular formula is C27H31FN4O2S. The summed E-state index contributed by atoms with van der Waals surface area (Å²) < 4.78 is 14.4. The van der Waals surface area contributed by atoms with E-state index in [4.69, 9.17) is 4.98 Å². The van der Waals surface area contributed by atoms with E-state index in [0.29, 0.717) is 42.0 Å². The second kappa shape index (κ2) is 10.4. The third-order valence-electron chi connectivity index (χ3n) is 7.24. The number of aromatic nitrogens is 1. The van der Waals surface area contributed by atoms with E-state index in [0.717, 1.165) is 29.0 Å². The molecule has 35 heavy (non-hydrogen) atoms. The van der Waals surface area contributed by atoms with E-state index in [1.54, 1.807) is 17.4 Å². The smallest absolute Gasteiger partial charge is 0.252 e. The number of amides is 2. The van der Waals surface area contributed by atoms with Gasteiger partial charge in [0.2, 0.25) is 5.91 Å². The number of nitrogens with zero attached hydrogens (tertiary/aromatic N) is 2. The zero-order valence-electron chi connectivity index (χ0n) is 20.0. The van der Waals surface area contributed by atoms with E-state index in [2.05, 4.69) is 17.6 Å². The molecule has 0 spiro atoms. The van der Waals surface area contributed by atoms with Gasteiger partial charge in [-0.3, -0.25) is 14.5 Å². The van der Waals surface area contributed by atoms with Crippen LogP contribution in [0.4, 0.5) is 4.39 Å². The lowest BCUT2D eigenvalue weighted by atomic mass is 9.84. The molecule has 0 bridgehead atoms. The number of piperazine rings is 1. The first-order chi connectivity index (χ1) is 17.0. The second-order valence-electron chi connectivity index (χ2n) is 9.67. The highest BCUT2D eigenvalue weighted by atomic mass is 32.1. The molecule has 1 aliphatic carbocycles. The van der Waals surface area contributed by atoms with Crippen LogP contribution < -0.4 is 10.6 Å². The average molecular weight is 495 g/mol. The van der Waals surface area contributed by atoms with Crippen LogP contribution in [0.3, 0.4) is 0 Å². The molecule has 1 saturated heterocycles. The van der Waals surface area contributed by atoms with Crippen molar-refractivity contribution in [2.24, 2.45) is 5.92 Å². The first-order valence-electron chi connectivity index (χ1n) is 12.5. The summed E-state index contributed by atoms with van der Waals surface area (Å²) in [6, 6.07) is 8.40. The summed E-state index contributed by atoms with van der Waals surface area (Å²) in [6.07, 6.45) is 5.87. The van der Waals surface area contributed by atoms with E-state index in [1.165, 1.54) is 31.4 Å². The molecule has 2 fully saturated rings. The van der Waals surface area contributed by atoms with Gasteiger partial charge in [0.25, 0.3) is 5.91 Å². The Morgan fingerprint density at radius 2 is 2.11 bits per heavy atom. The molecule has 184 valence electrons. The van der Waals surface area contributed by atoms with Crippen LogP contribution in [0.1, 0.15) is 54.9 Å². The first-order valence-corrected chi connectivity index (χ1v) is 13.3. The Bertz CT molecular complexity index is 1220. The summed E-state index contributed by atoms with van der Waals surface area (Å²) in [7, 11) is 0. The number of carbonyl (C=O) groups excluding carboxylic acids is 2. The third-order valence-corrected chi connectivity index (χ3v) is 8.12. The molecule has 0 radical (unpaired) electrons. The van der Waals surface area contributed by atoms with Gasteiger partial charge in [0.15, 0.2) is 0 Å². The predicted molar refractivity (Wildman–Crippen MR) is 137 cm³/mol. The van der Waals surface area contributed by atoms with Gasteiger partial charge in [-0.1, -0.05) is 25.3 Å². The van der Waals surface area contributed by atoms with Crippen LogP contribution in [0.5, 0.6) is 0 Å². The van der Waals surface area contributed by atoms with Crippen LogP contribution in [0.15, 0.2) is 35.7 Å². The van der Waals surface area contributed by atoms with E-state index >= 15 is 0 Å². The van der Waals surface area contributed by atoms with Crippen LogP contribution in [-0.2, 0) is 11.3 Å². The minimum absolute atomic E-state index is 0.0263. The fourth-order valence-corrected chi connectivity index (χ4v) is 6.13. The van der Waals surface area contributed by atoms with Gasteiger partial charge in [-0.05, 0) is 55.3 Å². The Morgan fingerprint density at radius 1 is 1.29 bits per heavy atom. The highest BCUT2D eigenvalue weighted by molar-refractivity contribution is 7.13. The number of pyridine rings is 1. The van der Waals surface area contributed by atoms with Crippen molar-refractivity contribution in [1.82, 2.24) is 20.5 Å². The molecule has 6 nitrogen and oxygen atoms in total. The van der Waals surface area contributed by atoms with Gasteiger partial charge in [-0.25, -0.2) is 9.37 Å². The molecule has 1 atom stereocenters. The van der Waals surface area contributed by atoms with Crippen LogP contribution in [0.2, 0.25) is 0 Å². The van der Waals surface area contributed by atoms with Gasteiger partial charge in [0.05, 0.1) is 28.2 Å². The fourth-order valence-electron chi connectivity index (χ4n) is 5.39. The number of nitrogens with one attached hydrogen (secondary N) is 2. The molecule has 1 saturated carbocycles. The van der Waals surface area contributed by atoms with Crippen molar-refractivity contribution in [3.63, 3.8) is 0 Å². The molecule has 2 amide bonds. The van der Waals surface area contributed by atoms with Crippen molar-refractivity contribution in [2.75, 3.05) is 19.6 Å². The molecule has 3 heterocycles. The lowest BCUT2D eigenvalue weighted by Gasteiger charge is -2.30. The summed E-state index contributed by atoms with van der Waals surface area (Å²) in [6.45, 7) is 3.96. The predicted octanol–water partition coefficient (Wildman–Crippen LogP) is 4.73. The van der Waals surface area contributed by atoms with Gasteiger partial charge in [0, 0.05) is 36.6 Å². The molecule has 2 aliphatic rings. The lowest BCUT2D eigenvalue weighted by Crippen LogP contribution is -2.47. The molecule has 2 N–H and O–H groups in total. The Balaban J connectivity index is 1.61. The molecule has 1 aromatic carbocycles. The highest BCUT2D eigenvalue weighted by Crippen LogP contribution is 2.34. The van der Waals surface area contributed by atoms with E-state index in [1.807, 2.05) is 22.4 Å². The van der Waals surface area contributed by atoms with E-state index in [9.17, 15) is 14.0 Å². The molecule has 0 unspecified atom stereocenters. The van der Waals surface area contributed by atoms with E-state index in [-0.39, 0.29) is 24.4 Å². The topological polar surface area (TPSA) is 74.3 Å². The van der Waals surface area contributed by atoms with Gasteiger partial charge in [-0.2, -0.15) is 0 Å². The average Bonchev–Trinajstić information content (AvgIpc) is 3.39. The number of carbonyl (C=O) groups is 2. The van der Waals surface area contributed by atoms with Gasteiger partial charge < -0.3 is 10.6 Å². The first kappa shape index (κ1) is 23.9. The lowest BCUT2D eigenvalue weighted by molar-refractivity contribution is -0.124. The zero-order chi connectivity index (χ0) is 24.4. The van der Waals surface area contributed by atoms with Crippen molar-refractivity contribution in [3.8, 4) is 10.6 Å². The number of hydrogen-bond donors (Lipinski definition) is 2. The van der Waals surface area contributed by atoms with Crippen LogP contribution >= 0.6 is 11.3 Å². The van der Waals surface area contributed by atoms with Gasteiger partial charge >= 0.3 is 0 Å². The second-order valence-corrected chi connectivity index (χ2v) is 10.6. The highest BCUT2D eigenvalue weighted by Gasteiger charge is 2.28. The Labute approximate surface area is 208 Å². The molecular weight excluding hydrogens is 463 g/mol. The summed E-state index contributed by atoms with van der Waals surface area (Å²) in [5.74, 6) is -0.189. The van der Waals surface area contributed by atoms with Gasteiger partial charge in [0.1, 0.15) is 5.82 Å². The van der Waals surface area contributed by atoms with Crippen molar-refractivity contribution >= 4 is 34.1 Å². The molecule has 8 heteroatoms. The summed E-state index contributed by atoms with van der Waals surface area (Å²) in [4.78, 5) is 33.9. The molecule has 3 aromatic rings. The third kappa shape index (κ3) is 5.23. The number of benzene rings is 1. The quantitative estimate of drug-likeness (QED) is 0.520. The van der Waals surface area contributed by atoms with Crippen LogP contribution in [-0.4, -0.2) is 47.4 Å². The Kier molecular flexibility index (Phi) is 7.11. The normalized spacial score (nSPS) is 18.4. The van der Waals surface area contributed by atoms with E-state index < -0.39 is 5.82 Å². The van der Waals surface area contributed by atoms with Crippen molar-refractivity contribution in [2.45, 2.75) is 51.6 Å². The Morgan fingerprint density at radius 3 is 2.86 bits per heavy atom. The minimum Gasteiger partial charge on any atom is -0.354 e. The summed E-state index contributed by atoms with van der Waals surface area (Å²) in [5, 5.41) is 8.60. The molecule has 5 rings (SSSR count). The zero-order valence-corrected chi connectivity index (χ0v) is 20.8. The Hall–Kier alpha value is -2.84. The minimum atomic E-state index is -0.402. The SMILES string of the molecule is C[C@H](NC(=O)c1c(CN2CCNC(=O)C2)c(-c2cccs2)nc2ccc(F)cc12)C1CCCCC1. The standard InChI is InChI=1S/C27H31FN4O2S/c1-17(18-6-3-2-4-7-18)30-27(34)25-20-14-19(28)9-10-22(20)31-26(23-8-5-13-35-23)21(25)15-32-12-11-29-24(33)16-32/h5,8-10,13-14,17-18H,2-4,6-7,11-12,15-16H2,1H3,(H,29,33)(H,30,34)/t17-/m0/s1. The van der Waals surface area contributed by atoms with Crippen molar-refractivity contribution < 1.29 is 14.0 Å². The largest absolute Gasteiger partial charge is 0.354 e. The van der Waals surface area contributed by atoms with Crippen molar-refractivity contribution in [1.29, 1.82) is 0 Å². The summed E-state index contributed by atoms with van der Waals surface area (Å²) >= 11 is 1.56. The van der Waals surface area contributed by atoms with Crippen LogP contribution in [0, 0.1) is 11.7 Å².